The summed E-state index contributed by atoms with van der Waals surface area (Å²) in [5.74, 6) is 1.06. The highest BCUT2D eigenvalue weighted by atomic mass is 16.3. The molecule has 0 bridgehead atoms. The first-order valence-corrected chi connectivity index (χ1v) is 6.96. The fraction of sp³-hybridized carbons (Fsp3) is 0.562. The van der Waals surface area contributed by atoms with Crippen LogP contribution in [0.4, 0.5) is 0 Å². The minimum absolute atomic E-state index is 0.0545. The van der Waals surface area contributed by atoms with Gasteiger partial charge in [0.2, 0.25) is 0 Å². The number of ketones is 1. The fourth-order valence-corrected chi connectivity index (χ4v) is 2.88. The maximum atomic E-state index is 11.9. The van der Waals surface area contributed by atoms with Crippen LogP contribution in [-0.2, 0) is 4.79 Å². The van der Waals surface area contributed by atoms with Crippen LogP contribution in [0, 0.1) is 11.8 Å². The van der Waals surface area contributed by atoms with E-state index >= 15 is 0 Å². The Kier molecular flexibility index (Phi) is 4.54. The van der Waals surface area contributed by atoms with Crippen LogP contribution in [0.25, 0.3) is 0 Å². The van der Waals surface area contributed by atoms with Crippen molar-refractivity contribution < 1.29 is 9.90 Å². The zero-order chi connectivity index (χ0) is 13.0. The molecule has 1 N–H and O–H groups in total. The molecule has 98 valence electrons. The number of Topliss-reactive ketones (excluding diaryl/α,β-unsaturated/α-hetero) is 1. The van der Waals surface area contributed by atoms with Gasteiger partial charge in [-0.25, -0.2) is 0 Å². The van der Waals surface area contributed by atoms with Crippen LogP contribution in [0.2, 0.25) is 0 Å². The Bertz CT molecular complexity index is 385. The molecule has 18 heavy (non-hydrogen) atoms. The molecule has 3 unspecified atom stereocenters. The lowest BCUT2D eigenvalue weighted by Gasteiger charge is -2.28. The largest absolute Gasteiger partial charge is 0.388 e. The van der Waals surface area contributed by atoms with Crippen molar-refractivity contribution in [3.8, 4) is 0 Å². The lowest BCUT2D eigenvalue weighted by atomic mass is 9.76. The summed E-state index contributed by atoms with van der Waals surface area (Å²) in [6.07, 6.45) is 3.91. The number of rotatable bonds is 4. The molecule has 1 aromatic carbocycles. The standard InChI is InChI=1S/C16H22O2/c1-2-12-8-9-15(17)14(10-12)11-16(18)13-6-4-3-5-7-13/h3-7,12,14,16,18H,2,8-11H2,1H3. The van der Waals surface area contributed by atoms with Gasteiger partial charge >= 0.3 is 0 Å². The molecule has 0 radical (unpaired) electrons. The third-order valence-electron chi connectivity index (χ3n) is 4.14. The maximum absolute atomic E-state index is 11.9. The van der Waals surface area contributed by atoms with E-state index in [-0.39, 0.29) is 5.92 Å². The van der Waals surface area contributed by atoms with Gasteiger partial charge < -0.3 is 5.11 Å². The molecule has 1 aromatic rings. The molecule has 0 heterocycles. The average molecular weight is 246 g/mol. The van der Waals surface area contributed by atoms with Gasteiger partial charge in [-0.05, 0) is 30.7 Å². The topological polar surface area (TPSA) is 37.3 Å². The van der Waals surface area contributed by atoms with E-state index in [9.17, 15) is 9.90 Å². The summed E-state index contributed by atoms with van der Waals surface area (Å²) < 4.78 is 0. The van der Waals surface area contributed by atoms with Gasteiger partial charge in [0.05, 0.1) is 6.10 Å². The lowest BCUT2D eigenvalue weighted by Crippen LogP contribution is -2.26. The zero-order valence-electron chi connectivity index (χ0n) is 11.0. The minimum atomic E-state index is -0.504. The normalized spacial score (nSPS) is 26.0. The van der Waals surface area contributed by atoms with Crippen molar-refractivity contribution in [3.63, 3.8) is 0 Å². The maximum Gasteiger partial charge on any atom is 0.136 e. The number of aliphatic hydroxyl groups excluding tert-OH is 1. The first-order chi connectivity index (χ1) is 8.70. The fourth-order valence-electron chi connectivity index (χ4n) is 2.88. The third-order valence-corrected chi connectivity index (χ3v) is 4.14. The SMILES string of the molecule is CCC1CCC(=O)C(CC(O)c2ccccc2)C1. The molecular formula is C16H22O2. The highest BCUT2D eigenvalue weighted by molar-refractivity contribution is 5.81. The predicted molar refractivity (Wildman–Crippen MR) is 72.1 cm³/mol. The number of carbonyl (C=O) groups is 1. The Balaban J connectivity index is 1.97. The lowest BCUT2D eigenvalue weighted by molar-refractivity contribution is -0.126. The van der Waals surface area contributed by atoms with Crippen LogP contribution < -0.4 is 0 Å². The number of benzene rings is 1. The van der Waals surface area contributed by atoms with Gasteiger partial charge in [0.25, 0.3) is 0 Å². The molecule has 1 fully saturated rings. The van der Waals surface area contributed by atoms with E-state index in [2.05, 4.69) is 6.92 Å². The molecule has 0 aliphatic heterocycles. The summed E-state index contributed by atoms with van der Waals surface area (Å²) in [6.45, 7) is 2.19. The van der Waals surface area contributed by atoms with Crippen LogP contribution in [0.3, 0.4) is 0 Å². The van der Waals surface area contributed by atoms with Crippen molar-refractivity contribution in [1.82, 2.24) is 0 Å². The average Bonchev–Trinajstić information content (AvgIpc) is 2.42. The van der Waals surface area contributed by atoms with E-state index in [1.165, 1.54) is 0 Å². The van der Waals surface area contributed by atoms with Gasteiger partial charge in [-0.1, -0.05) is 43.7 Å². The summed E-state index contributed by atoms with van der Waals surface area (Å²) in [6, 6.07) is 9.64. The molecule has 3 atom stereocenters. The molecule has 1 saturated carbocycles. The monoisotopic (exact) mass is 246 g/mol. The van der Waals surface area contributed by atoms with Gasteiger partial charge in [0, 0.05) is 12.3 Å². The second kappa shape index (κ2) is 6.14. The van der Waals surface area contributed by atoms with Crippen LogP contribution in [-0.4, -0.2) is 10.9 Å². The van der Waals surface area contributed by atoms with Gasteiger partial charge in [-0.15, -0.1) is 0 Å². The summed E-state index contributed by atoms with van der Waals surface area (Å²) >= 11 is 0. The molecule has 0 amide bonds. The zero-order valence-corrected chi connectivity index (χ0v) is 11.0. The van der Waals surface area contributed by atoms with Gasteiger partial charge in [0.1, 0.15) is 5.78 Å². The minimum Gasteiger partial charge on any atom is -0.388 e. The Hall–Kier alpha value is -1.15. The van der Waals surface area contributed by atoms with Crippen molar-refractivity contribution >= 4 is 5.78 Å². The summed E-state index contributed by atoms with van der Waals surface area (Å²) in [5.41, 5.74) is 0.920. The van der Waals surface area contributed by atoms with Crippen molar-refractivity contribution in [2.45, 2.75) is 45.1 Å². The molecule has 2 rings (SSSR count). The van der Waals surface area contributed by atoms with Crippen molar-refractivity contribution in [2.24, 2.45) is 11.8 Å². The quantitative estimate of drug-likeness (QED) is 0.882. The Morgan fingerprint density at radius 1 is 1.33 bits per heavy atom. The van der Waals surface area contributed by atoms with E-state index < -0.39 is 6.10 Å². The van der Waals surface area contributed by atoms with Crippen molar-refractivity contribution in [2.75, 3.05) is 0 Å². The second-order valence-corrected chi connectivity index (χ2v) is 5.37. The van der Waals surface area contributed by atoms with Crippen LogP contribution in [0.1, 0.15) is 50.7 Å². The van der Waals surface area contributed by atoms with E-state index in [1.807, 2.05) is 30.3 Å². The molecular weight excluding hydrogens is 224 g/mol. The van der Waals surface area contributed by atoms with Gasteiger partial charge in [-0.2, -0.15) is 0 Å². The summed E-state index contributed by atoms with van der Waals surface area (Å²) in [7, 11) is 0. The first-order valence-electron chi connectivity index (χ1n) is 6.96. The van der Waals surface area contributed by atoms with Crippen LogP contribution in [0.5, 0.6) is 0 Å². The highest BCUT2D eigenvalue weighted by Gasteiger charge is 2.29. The number of aliphatic hydroxyl groups is 1. The van der Waals surface area contributed by atoms with Gasteiger partial charge in [0.15, 0.2) is 0 Å². The number of carbonyl (C=O) groups excluding carboxylic acids is 1. The summed E-state index contributed by atoms with van der Waals surface area (Å²) in [4.78, 5) is 11.9. The Morgan fingerprint density at radius 2 is 2.06 bits per heavy atom. The molecule has 0 saturated heterocycles. The highest BCUT2D eigenvalue weighted by Crippen LogP contribution is 2.34. The molecule has 2 heteroatoms. The second-order valence-electron chi connectivity index (χ2n) is 5.37. The van der Waals surface area contributed by atoms with Crippen molar-refractivity contribution in [1.29, 1.82) is 0 Å². The molecule has 2 nitrogen and oxygen atoms in total. The van der Waals surface area contributed by atoms with Crippen LogP contribution in [0.15, 0.2) is 30.3 Å². The molecule has 1 aliphatic carbocycles. The Labute approximate surface area is 109 Å². The van der Waals surface area contributed by atoms with E-state index in [4.69, 9.17) is 0 Å². The third kappa shape index (κ3) is 3.20. The molecule has 0 spiro atoms. The number of hydrogen-bond donors (Lipinski definition) is 1. The van der Waals surface area contributed by atoms with Crippen LogP contribution >= 0.6 is 0 Å². The summed E-state index contributed by atoms with van der Waals surface area (Å²) in [5, 5.41) is 10.2. The first kappa shape index (κ1) is 13.3. The molecule has 0 aromatic heterocycles. The van der Waals surface area contributed by atoms with Gasteiger partial charge in [-0.3, -0.25) is 4.79 Å². The number of hydrogen-bond acceptors (Lipinski definition) is 2. The van der Waals surface area contributed by atoms with E-state index in [0.29, 0.717) is 24.5 Å². The van der Waals surface area contributed by atoms with E-state index in [0.717, 1.165) is 24.8 Å². The Morgan fingerprint density at radius 3 is 2.72 bits per heavy atom. The predicted octanol–water partition coefficient (Wildman–Crippen LogP) is 3.51. The van der Waals surface area contributed by atoms with E-state index in [1.54, 1.807) is 0 Å². The molecule has 1 aliphatic rings. The smallest absolute Gasteiger partial charge is 0.136 e. The van der Waals surface area contributed by atoms with Crippen molar-refractivity contribution in [3.05, 3.63) is 35.9 Å².